The molecule has 0 aliphatic heterocycles. The van der Waals surface area contributed by atoms with Crippen LogP contribution in [0.25, 0.3) is 97.2 Å². The first-order chi connectivity index (χ1) is 67.9. The Kier molecular flexibility index (Phi) is 34.7. The lowest BCUT2D eigenvalue weighted by molar-refractivity contribution is 0.414. The number of ether oxygens (including phenoxy) is 3. The second-order valence-corrected chi connectivity index (χ2v) is 33.8. The number of anilines is 9. The van der Waals surface area contributed by atoms with Gasteiger partial charge in [-0.3, -0.25) is 0 Å². The number of unbranched alkanes of at least 4 members (excludes halogenated alkanes) is 1. The van der Waals surface area contributed by atoms with Crippen molar-refractivity contribution in [1.29, 1.82) is 0 Å². The van der Waals surface area contributed by atoms with E-state index in [1.54, 1.807) is 21.3 Å². The van der Waals surface area contributed by atoms with Crippen LogP contribution in [0.3, 0.4) is 0 Å². The van der Waals surface area contributed by atoms with Crippen molar-refractivity contribution in [1.82, 2.24) is 0 Å². The van der Waals surface area contributed by atoms with Crippen molar-refractivity contribution in [2.24, 2.45) is 0 Å². The average Bonchev–Trinajstić information content (AvgIpc) is 0.808. The van der Waals surface area contributed by atoms with E-state index in [9.17, 15) is 0 Å². The van der Waals surface area contributed by atoms with Gasteiger partial charge in [0, 0.05) is 51.2 Å². The Morgan fingerprint density at radius 1 is 0.181 bits per heavy atom. The molecule has 0 unspecified atom stereocenters. The van der Waals surface area contributed by atoms with Crippen molar-refractivity contribution in [3.05, 3.63) is 560 Å². The highest BCUT2D eigenvalue weighted by Gasteiger charge is 2.17. The van der Waals surface area contributed by atoms with Crippen LogP contribution in [0.4, 0.5) is 51.2 Å². The van der Waals surface area contributed by atoms with Gasteiger partial charge in [-0.2, -0.15) is 0 Å². The van der Waals surface area contributed by atoms with Gasteiger partial charge in [-0.25, -0.2) is 0 Å². The fraction of sp³-hybridized carbons (Fsp3) is 0.0758. The van der Waals surface area contributed by atoms with E-state index in [0.29, 0.717) is 0 Å². The Balaban J connectivity index is 0.000000157. The number of benzene rings is 17. The first kappa shape index (κ1) is 95.5. The number of hydrogen-bond donors (Lipinski definition) is 0. The predicted octanol–water partition coefficient (Wildman–Crippen LogP) is 36.2. The lowest BCUT2D eigenvalue weighted by Gasteiger charge is -2.26. The minimum atomic E-state index is 0.844. The highest BCUT2D eigenvalue weighted by atomic mass is 16.5. The number of hydrogen-bond acceptors (Lipinski definition) is 6. The second-order valence-electron chi connectivity index (χ2n) is 33.8. The molecule has 17 rings (SSSR count). The molecular formula is C132H117N3O3. The lowest BCUT2D eigenvalue weighted by Crippen LogP contribution is -2.10. The van der Waals surface area contributed by atoms with Gasteiger partial charge in [0.1, 0.15) is 17.2 Å². The minimum Gasteiger partial charge on any atom is -0.497 e. The van der Waals surface area contributed by atoms with E-state index in [2.05, 4.69) is 522 Å². The Labute approximate surface area is 817 Å². The van der Waals surface area contributed by atoms with Gasteiger partial charge in [-0.1, -0.05) is 431 Å². The first-order valence-corrected chi connectivity index (χ1v) is 47.2. The van der Waals surface area contributed by atoms with E-state index in [1.807, 2.05) is 66.7 Å². The molecule has 0 saturated heterocycles. The minimum absolute atomic E-state index is 0.844. The SMILES string of the molecule is CCCCc1ccc(N(c2ccc(/C=C/C=C/c3ccccc3)cc2)c2ccc(/C=C/C=C/c3ccccc3)cc2)cc1.COc1cccc(/C=C/c2ccc(N(c3ccc(/C=C/c4cccc(OC)c4)cc3)c3ccc(/C=C/c4cccc(OC)c4)cc3)cc2)c1.Cc1cccc(/C=C/c2ccc(N(c3ccc(/C=C/c4cccc(C)c4)cc3)c3ccc(/C=C/c4cccc(C)c4)cc3)cc2)c1. The fourth-order valence-corrected chi connectivity index (χ4v) is 15.9. The van der Waals surface area contributed by atoms with Crippen molar-refractivity contribution in [3.63, 3.8) is 0 Å². The molecule has 0 aromatic heterocycles. The summed E-state index contributed by atoms with van der Waals surface area (Å²) in [7, 11) is 5.06. The number of rotatable bonds is 33. The number of allylic oxidation sites excluding steroid dienone is 4. The summed E-state index contributed by atoms with van der Waals surface area (Å²) < 4.78 is 16.1. The number of aryl methyl sites for hydroxylation is 4. The molecule has 0 atom stereocenters. The van der Waals surface area contributed by atoms with Crippen LogP contribution >= 0.6 is 0 Å². The van der Waals surface area contributed by atoms with Crippen molar-refractivity contribution in [2.45, 2.75) is 47.0 Å². The van der Waals surface area contributed by atoms with E-state index in [-0.39, 0.29) is 0 Å². The summed E-state index contributed by atoms with van der Waals surface area (Å²) in [5.74, 6) is 2.53. The maximum atomic E-state index is 5.38. The van der Waals surface area contributed by atoms with Crippen LogP contribution in [-0.4, -0.2) is 21.3 Å². The van der Waals surface area contributed by atoms with E-state index in [1.165, 1.54) is 90.7 Å². The van der Waals surface area contributed by atoms with Crippen molar-refractivity contribution >= 4 is 148 Å². The van der Waals surface area contributed by atoms with Gasteiger partial charge in [0.05, 0.1) is 21.3 Å². The van der Waals surface area contributed by atoms with Gasteiger partial charge in [0.25, 0.3) is 0 Å². The third kappa shape index (κ3) is 29.0. The molecule has 17 aromatic carbocycles. The predicted molar refractivity (Wildman–Crippen MR) is 597 cm³/mol. The fourth-order valence-electron chi connectivity index (χ4n) is 15.9. The van der Waals surface area contributed by atoms with Gasteiger partial charge in [0.2, 0.25) is 0 Å². The average molecular weight is 1790 g/mol. The van der Waals surface area contributed by atoms with E-state index < -0.39 is 0 Å². The molecule has 0 amide bonds. The molecule has 138 heavy (non-hydrogen) atoms. The summed E-state index contributed by atoms with van der Waals surface area (Å²) in [6, 6.07) is 149. The van der Waals surface area contributed by atoms with Crippen LogP contribution in [0.2, 0.25) is 0 Å². The van der Waals surface area contributed by atoms with Gasteiger partial charge >= 0.3 is 0 Å². The Bertz CT molecular complexity index is 6470. The molecule has 0 aliphatic rings. The lowest BCUT2D eigenvalue weighted by atomic mass is 10.1. The molecule has 0 bridgehead atoms. The Hall–Kier alpha value is -17.1. The smallest absolute Gasteiger partial charge is 0.119 e. The summed E-state index contributed by atoms with van der Waals surface area (Å²) in [6.45, 7) is 8.62. The van der Waals surface area contributed by atoms with Crippen LogP contribution in [-0.2, 0) is 6.42 Å². The number of methoxy groups -OCH3 is 3. The summed E-state index contributed by atoms with van der Waals surface area (Å²) in [5.41, 5.74) is 33.6. The zero-order chi connectivity index (χ0) is 95.1. The van der Waals surface area contributed by atoms with Gasteiger partial charge < -0.3 is 28.9 Å². The molecule has 0 aliphatic carbocycles. The zero-order valence-electron chi connectivity index (χ0n) is 79.6. The van der Waals surface area contributed by atoms with Crippen LogP contribution in [0.5, 0.6) is 17.2 Å². The molecule has 0 heterocycles. The van der Waals surface area contributed by atoms with Gasteiger partial charge in [-0.15, -0.1) is 0 Å². The maximum Gasteiger partial charge on any atom is 0.119 e. The molecule has 0 spiro atoms. The molecular weight excluding hydrogens is 1680 g/mol. The van der Waals surface area contributed by atoms with Gasteiger partial charge in [-0.05, 0) is 274 Å². The monoisotopic (exact) mass is 1790 g/mol. The number of nitrogens with zero attached hydrogens (tertiary/aromatic N) is 3. The topological polar surface area (TPSA) is 37.4 Å². The molecule has 17 aromatic rings. The van der Waals surface area contributed by atoms with Crippen molar-refractivity contribution in [2.75, 3.05) is 36.0 Å². The molecule has 6 heteroatoms. The highest BCUT2D eigenvalue weighted by Crippen LogP contribution is 2.40. The molecule has 0 fully saturated rings. The summed E-state index contributed by atoms with van der Waals surface area (Å²) >= 11 is 0. The summed E-state index contributed by atoms with van der Waals surface area (Å²) in [4.78, 5) is 6.92. The van der Waals surface area contributed by atoms with E-state index in [0.717, 1.165) is 108 Å². The van der Waals surface area contributed by atoms with Crippen molar-refractivity contribution in [3.8, 4) is 17.2 Å². The third-order valence-corrected chi connectivity index (χ3v) is 23.4. The quantitative estimate of drug-likeness (QED) is 0.0301. The van der Waals surface area contributed by atoms with Crippen LogP contribution < -0.4 is 28.9 Å². The van der Waals surface area contributed by atoms with Gasteiger partial charge in [0.15, 0.2) is 0 Å². The standard InChI is InChI=1S/C45H39NO3.C45H39N.C42H39N/c1-47-43-10-4-7-37(31-43)16-13-34-19-25-40(26-20-34)46(41-27-21-35(22-28-41)14-17-38-8-5-11-44(32-38)48-2)42-29-23-36(24-30-42)15-18-39-9-6-12-45(33-39)49-3;1-34-7-4-10-40(31-34)16-13-37-19-25-43(26-20-37)46(44-27-21-38(22-28-44)14-17-41-11-5-8-35(2)32-41)45-29-23-39(24-30-45)15-18-42-12-6-9-36(3)33-42;1-2-3-14-37-23-29-40(30-24-37)43(41-31-25-38(26-32-41)21-12-10-19-35-15-6-4-7-16-35)42-33-27-39(28-34-42)22-13-11-20-36-17-8-5-9-18-36/h4-33H,1-3H3;4-33H,1-3H3;4-13,15-34H,2-3,14H2,1H3/b2*16-13+,17-14+,18-15+;19-10+,20-11+,21-12+,22-13+. The molecule has 6 nitrogen and oxygen atoms in total. The summed E-state index contributed by atoms with van der Waals surface area (Å²) in [6.07, 6.45) is 46.1. The van der Waals surface area contributed by atoms with Crippen LogP contribution in [0, 0.1) is 20.8 Å². The second kappa shape index (κ2) is 50.1. The first-order valence-electron chi connectivity index (χ1n) is 47.2. The Morgan fingerprint density at radius 2 is 0.362 bits per heavy atom. The molecule has 678 valence electrons. The van der Waals surface area contributed by atoms with E-state index >= 15 is 0 Å². The highest BCUT2D eigenvalue weighted by molar-refractivity contribution is 5.85. The van der Waals surface area contributed by atoms with Crippen LogP contribution in [0.15, 0.2) is 449 Å². The Morgan fingerprint density at radius 3 is 0.572 bits per heavy atom. The third-order valence-electron chi connectivity index (χ3n) is 23.4. The zero-order valence-corrected chi connectivity index (χ0v) is 79.6. The summed E-state index contributed by atoms with van der Waals surface area (Å²) in [5, 5.41) is 0. The molecule has 0 saturated carbocycles. The molecule has 0 radical (unpaired) electrons. The maximum absolute atomic E-state index is 5.38. The molecule has 0 N–H and O–H groups in total. The van der Waals surface area contributed by atoms with Crippen molar-refractivity contribution < 1.29 is 14.2 Å². The normalized spacial score (nSPS) is 11.5. The van der Waals surface area contributed by atoms with Crippen LogP contribution in [0.1, 0.15) is 131 Å². The largest absolute Gasteiger partial charge is 0.497 e. The van der Waals surface area contributed by atoms with E-state index in [4.69, 9.17) is 14.2 Å².